The van der Waals surface area contributed by atoms with Crippen molar-refractivity contribution >= 4 is 27.4 Å². The Bertz CT molecular complexity index is 744. The summed E-state index contributed by atoms with van der Waals surface area (Å²) in [6, 6.07) is 17.8. The third-order valence-corrected chi connectivity index (χ3v) is 4.18. The zero-order valence-electron chi connectivity index (χ0n) is 11.1. The van der Waals surface area contributed by atoms with E-state index in [4.69, 9.17) is 4.74 Å². The molecule has 0 spiro atoms. The van der Waals surface area contributed by atoms with Gasteiger partial charge < -0.3 is 4.74 Å². The summed E-state index contributed by atoms with van der Waals surface area (Å²) in [6.45, 7) is 2.36. The molecule has 3 rings (SSSR count). The lowest BCUT2D eigenvalue weighted by Crippen LogP contribution is -2.02. The number of esters is 1. The molecule has 100 valence electrons. The molecule has 0 saturated heterocycles. The predicted molar refractivity (Wildman–Crippen MR) is 82.1 cm³/mol. The number of carbonyl (C=O) groups excluding carboxylic acids is 1. The Balaban J connectivity index is 1.75. The van der Waals surface area contributed by atoms with Crippen LogP contribution in [0.3, 0.4) is 0 Å². The van der Waals surface area contributed by atoms with E-state index >= 15 is 0 Å². The zero-order valence-corrected chi connectivity index (χ0v) is 11.9. The fourth-order valence-electron chi connectivity index (χ4n) is 2.06. The molecule has 0 aliphatic carbocycles. The molecule has 0 N–H and O–H groups in total. The highest BCUT2D eigenvalue weighted by molar-refractivity contribution is 7.20. The minimum absolute atomic E-state index is 0.257. The van der Waals surface area contributed by atoms with Crippen LogP contribution in [0.2, 0.25) is 0 Å². The molecule has 0 fully saturated rings. The molecule has 0 atom stereocenters. The number of hydrogen-bond donors (Lipinski definition) is 0. The van der Waals surface area contributed by atoms with Crippen LogP contribution >= 0.6 is 11.3 Å². The maximum atomic E-state index is 12.1. The summed E-state index contributed by atoms with van der Waals surface area (Å²) < 4.78 is 6.46. The largest absolute Gasteiger partial charge is 0.457 e. The summed E-state index contributed by atoms with van der Waals surface area (Å²) in [5, 5.41) is 1.10. The maximum Gasteiger partial charge on any atom is 0.348 e. The van der Waals surface area contributed by atoms with E-state index in [2.05, 4.69) is 12.1 Å². The van der Waals surface area contributed by atoms with Gasteiger partial charge in [0.25, 0.3) is 0 Å². The SMILES string of the molecule is Cc1ccc2sc(C(=O)OCc3ccccc3)cc2c1. The van der Waals surface area contributed by atoms with Gasteiger partial charge in [0.15, 0.2) is 0 Å². The van der Waals surface area contributed by atoms with E-state index in [-0.39, 0.29) is 5.97 Å². The molecule has 20 heavy (non-hydrogen) atoms. The fourth-order valence-corrected chi connectivity index (χ4v) is 2.99. The van der Waals surface area contributed by atoms with Gasteiger partial charge in [0.05, 0.1) is 0 Å². The van der Waals surface area contributed by atoms with Gasteiger partial charge in [-0.3, -0.25) is 0 Å². The molecule has 1 heterocycles. The normalized spacial score (nSPS) is 10.7. The Hall–Kier alpha value is -2.13. The first-order valence-electron chi connectivity index (χ1n) is 6.43. The molecule has 2 nitrogen and oxygen atoms in total. The van der Waals surface area contributed by atoms with Crippen molar-refractivity contribution < 1.29 is 9.53 Å². The van der Waals surface area contributed by atoms with Crippen molar-refractivity contribution in [2.24, 2.45) is 0 Å². The average molecular weight is 282 g/mol. The Morgan fingerprint density at radius 3 is 2.70 bits per heavy atom. The van der Waals surface area contributed by atoms with Gasteiger partial charge in [-0.2, -0.15) is 0 Å². The minimum Gasteiger partial charge on any atom is -0.457 e. The molecule has 0 radical (unpaired) electrons. The summed E-state index contributed by atoms with van der Waals surface area (Å²) in [7, 11) is 0. The zero-order chi connectivity index (χ0) is 13.9. The third kappa shape index (κ3) is 2.73. The van der Waals surface area contributed by atoms with Crippen LogP contribution in [0.5, 0.6) is 0 Å². The number of thiophene rings is 1. The molecule has 1 aromatic heterocycles. The Morgan fingerprint density at radius 1 is 1.10 bits per heavy atom. The summed E-state index contributed by atoms with van der Waals surface area (Å²) in [4.78, 5) is 12.7. The molecule has 0 aliphatic rings. The van der Waals surface area contributed by atoms with Crippen molar-refractivity contribution in [3.63, 3.8) is 0 Å². The van der Waals surface area contributed by atoms with Crippen molar-refractivity contribution in [1.29, 1.82) is 0 Å². The summed E-state index contributed by atoms with van der Waals surface area (Å²) in [5.41, 5.74) is 2.19. The second-order valence-electron chi connectivity index (χ2n) is 4.71. The van der Waals surface area contributed by atoms with E-state index in [9.17, 15) is 4.79 Å². The second kappa shape index (κ2) is 5.47. The molecule has 0 unspecified atom stereocenters. The highest BCUT2D eigenvalue weighted by Crippen LogP contribution is 2.27. The summed E-state index contributed by atoms with van der Waals surface area (Å²) in [5.74, 6) is -0.257. The van der Waals surface area contributed by atoms with Crippen LogP contribution in [0, 0.1) is 6.92 Å². The van der Waals surface area contributed by atoms with Crippen molar-refractivity contribution in [2.75, 3.05) is 0 Å². The van der Waals surface area contributed by atoms with Gasteiger partial charge in [0, 0.05) is 4.70 Å². The van der Waals surface area contributed by atoms with E-state index in [0.717, 1.165) is 15.6 Å². The first-order valence-corrected chi connectivity index (χ1v) is 7.25. The van der Waals surface area contributed by atoms with E-state index in [1.54, 1.807) is 0 Å². The summed E-state index contributed by atoms with van der Waals surface area (Å²) >= 11 is 1.47. The van der Waals surface area contributed by atoms with Gasteiger partial charge in [-0.05, 0) is 30.0 Å². The highest BCUT2D eigenvalue weighted by atomic mass is 32.1. The topological polar surface area (TPSA) is 26.3 Å². The minimum atomic E-state index is -0.257. The van der Waals surface area contributed by atoms with Crippen LogP contribution in [0.25, 0.3) is 10.1 Å². The number of carbonyl (C=O) groups is 1. The van der Waals surface area contributed by atoms with Crippen LogP contribution in [0.15, 0.2) is 54.6 Å². The van der Waals surface area contributed by atoms with Crippen LogP contribution in [0.1, 0.15) is 20.8 Å². The quantitative estimate of drug-likeness (QED) is 0.658. The van der Waals surface area contributed by atoms with E-state index in [1.165, 1.54) is 16.9 Å². The molecule has 0 saturated carbocycles. The Labute approximate surface area is 121 Å². The molecule has 3 aromatic rings. The van der Waals surface area contributed by atoms with Crippen molar-refractivity contribution in [2.45, 2.75) is 13.5 Å². The van der Waals surface area contributed by atoms with Gasteiger partial charge in [-0.1, -0.05) is 48.0 Å². The van der Waals surface area contributed by atoms with Gasteiger partial charge in [0.2, 0.25) is 0 Å². The lowest BCUT2D eigenvalue weighted by molar-refractivity contribution is 0.0478. The van der Waals surface area contributed by atoms with E-state index in [1.807, 2.05) is 49.4 Å². The maximum absolute atomic E-state index is 12.1. The van der Waals surface area contributed by atoms with Crippen molar-refractivity contribution in [1.82, 2.24) is 0 Å². The van der Waals surface area contributed by atoms with E-state index in [0.29, 0.717) is 11.5 Å². The van der Waals surface area contributed by atoms with Crippen LogP contribution in [-0.4, -0.2) is 5.97 Å². The molecule has 0 bridgehead atoms. The lowest BCUT2D eigenvalue weighted by Gasteiger charge is -2.02. The fraction of sp³-hybridized carbons (Fsp3) is 0.118. The highest BCUT2D eigenvalue weighted by Gasteiger charge is 2.11. The lowest BCUT2D eigenvalue weighted by atomic mass is 10.2. The number of ether oxygens (including phenoxy) is 1. The van der Waals surface area contributed by atoms with Gasteiger partial charge in [0.1, 0.15) is 11.5 Å². The van der Waals surface area contributed by atoms with Crippen LogP contribution < -0.4 is 0 Å². The van der Waals surface area contributed by atoms with Gasteiger partial charge >= 0.3 is 5.97 Å². The smallest absolute Gasteiger partial charge is 0.348 e. The second-order valence-corrected chi connectivity index (χ2v) is 5.80. The van der Waals surface area contributed by atoms with Crippen LogP contribution in [0.4, 0.5) is 0 Å². The third-order valence-electron chi connectivity index (χ3n) is 3.09. The number of rotatable bonds is 3. The molecular weight excluding hydrogens is 268 g/mol. The number of hydrogen-bond acceptors (Lipinski definition) is 3. The molecule has 2 aromatic carbocycles. The first kappa shape index (κ1) is 12.9. The van der Waals surface area contributed by atoms with Crippen molar-refractivity contribution in [3.8, 4) is 0 Å². The number of fused-ring (bicyclic) bond motifs is 1. The molecular formula is C17H14O2S. The number of benzene rings is 2. The van der Waals surface area contributed by atoms with Crippen molar-refractivity contribution in [3.05, 3.63) is 70.6 Å². The molecule has 0 aliphatic heterocycles. The Morgan fingerprint density at radius 2 is 1.90 bits per heavy atom. The Kier molecular flexibility index (Phi) is 3.52. The summed E-state index contributed by atoms with van der Waals surface area (Å²) in [6.07, 6.45) is 0. The van der Waals surface area contributed by atoms with E-state index < -0.39 is 0 Å². The predicted octanol–water partition coefficient (Wildman–Crippen LogP) is 4.57. The van der Waals surface area contributed by atoms with Gasteiger partial charge in [-0.15, -0.1) is 11.3 Å². The van der Waals surface area contributed by atoms with Gasteiger partial charge in [-0.25, -0.2) is 4.79 Å². The standard InChI is InChI=1S/C17H14O2S/c1-12-7-8-15-14(9-12)10-16(20-15)17(18)19-11-13-5-3-2-4-6-13/h2-10H,11H2,1H3. The monoisotopic (exact) mass is 282 g/mol. The number of aryl methyl sites for hydroxylation is 1. The average Bonchev–Trinajstić information content (AvgIpc) is 2.89. The molecule has 3 heteroatoms. The first-order chi connectivity index (χ1) is 9.72. The van der Waals surface area contributed by atoms with Crippen LogP contribution in [-0.2, 0) is 11.3 Å². The molecule has 0 amide bonds.